The molecular weight excluding hydrogens is 863 g/mol. The molecule has 0 amide bonds. The van der Waals surface area contributed by atoms with Crippen molar-refractivity contribution in [2.75, 3.05) is 47.5 Å². The van der Waals surface area contributed by atoms with Crippen LogP contribution in [0.5, 0.6) is 0 Å². The van der Waals surface area contributed by atoms with Gasteiger partial charge in [-0.05, 0) is 70.6 Å². The molecule has 9 nitrogen and oxygen atoms in total. The van der Waals surface area contributed by atoms with Crippen LogP contribution in [0.2, 0.25) is 0 Å². The molecule has 0 rings (SSSR count). The molecule has 0 aromatic rings. The number of quaternary nitrogens is 1. The van der Waals surface area contributed by atoms with Crippen LogP contribution in [-0.4, -0.2) is 87.4 Å². The number of nitrogens with zero attached hydrogens (tertiary/aromatic N) is 1. The highest BCUT2D eigenvalue weighted by Gasteiger charge is 2.25. The van der Waals surface area contributed by atoms with Gasteiger partial charge in [-0.3, -0.25) is 9.59 Å². The highest BCUT2D eigenvalue weighted by molar-refractivity contribution is 5.71. The van der Waals surface area contributed by atoms with Crippen LogP contribution in [0.15, 0.2) is 36.5 Å². The van der Waals surface area contributed by atoms with Crippen LogP contribution in [0.25, 0.3) is 0 Å². The molecule has 0 spiro atoms. The third-order valence-corrected chi connectivity index (χ3v) is 12.9. The van der Waals surface area contributed by atoms with Crippen LogP contribution in [0.4, 0.5) is 0 Å². The summed E-state index contributed by atoms with van der Waals surface area (Å²) in [6.07, 6.45) is 59.4. The van der Waals surface area contributed by atoms with Crippen molar-refractivity contribution in [1.29, 1.82) is 0 Å². The summed E-state index contributed by atoms with van der Waals surface area (Å²) in [6.45, 7) is 4.87. The van der Waals surface area contributed by atoms with E-state index in [1.165, 1.54) is 186 Å². The summed E-state index contributed by atoms with van der Waals surface area (Å²) in [5.74, 6) is -2.00. The third-order valence-electron chi connectivity index (χ3n) is 12.9. The SMILES string of the molecule is CCCCC/C=C\C/C=C\CCCCCCCCCC(=O)OC(COC(=O)CCCCCCCCCCCCCCCCC/C=C\CCCCCCCCCC)COC(OCC[N+](C)(C)C)C(=O)O. The van der Waals surface area contributed by atoms with Crippen LogP contribution >= 0.6 is 0 Å². The molecule has 69 heavy (non-hydrogen) atoms. The molecule has 0 fully saturated rings. The van der Waals surface area contributed by atoms with Crippen molar-refractivity contribution < 1.29 is 42.9 Å². The molecule has 0 bridgehead atoms. The monoisotopic (exact) mass is 975 g/mol. The fraction of sp³-hybridized carbons (Fsp3) is 0.850. The van der Waals surface area contributed by atoms with Crippen LogP contribution < -0.4 is 0 Å². The summed E-state index contributed by atoms with van der Waals surface area (Å²) >= 11 is 0. The van der Waals surface area contributed by atoms with E-state index < -0.39 is 24.3 Å². The van der Waals surface area contributed by atoms with Crippen molar-refractivity contribution in [2.24, 2.45) is 0 Å². The molecule has 0 aromatic carbocycles. The summed E-state index contributed by atoms with van der Waals surface area (Å²) in [5.41, 5.74) is 0. The number of carboxylic acid groups (broad SMARTS) is 1. The van der Waals surface area contributed by atoms with Crippen LogP contribution in [-0.2, 0) is 33.3 Å². The van der Waals surface area contributed by atoms with Gasteiger partial charge < -0.3 is 28.5 Å². The van der Waals surface area contributed by atoms with E-state index in [0.29, 0.717) is 23.9 Å². The molecular formula is C60H112NO8+. The largest absolute Gasteiger partial charge is 0.477 e. The van der Waals surface area contributed by atoms with Crippen molar-refractivity contribution in [2.45, 2.75) is 283 Å². The van der Waals surface area contributed by atoms with Crippen molar-refractivity contribution in [3.05, 3.63) is 36.5 Å². The van der Waals surface area contributed by atoms with E-state index in [4.69, 9.17) is 18.9 Å². The summed E-state index contributed by atoms with van der Waals surface area (Å²) in [6, 6.07) is 0. The first kappa shape index (κ1) is 66.5. The molecule has 0 aliphatic carbocycles. The van der Waals surface area contributed by atoms with Crippen molar-refractivity contribution in [1.82, 2.24) is 0 Å². The molecule has 1 N–H and O–H groups in total. The maximum atomic E-state index is 12.8. The zero-order chi connectivity index (χ0) is 50.6. The number of carbonyl (C=O) groups excluding carboxylic acids is 2. The average Bonchev–Trinajstić information content (AvgIpc) is 3.31. The summed E-state index contributed by atoms with van der Waals surface area (Å²) < 4.78 is 22.9. The molecule has 0 aromatic heterocycles. The van der Waals surface area contributed by atoms with E-state index in [1.54, 1.807) is 0 Å². The molecule has 9 heteroatoms. The van der Waals surface area contributed by atoms with E-state index >= 15 is 0 Å². The van der Waals surface area contributed by atoms with Gasteiger partial charge in [-0.1, -0.05) is 224 Å². The number of aliphatic carboxylic acids is 1. The van der Waals surface area contributed by atoms with Gasteiger partial charge in [0, 0.05) is 12.8 Å². The Bertz CT molecular complexity index is 1230. The van der Waals surface area contributed by atoms with Crippen LogP contribution in [0.1, 0.15) is 271 Å². The second kappa shape index (κ2) is 51.9. The van der Waals surface area contributed by atoms with Crippen molar-refractivity contribution in [3.8, 4) is 0 Å². The topological polar surface area (TPSA) is 108 Å². The van der Waals surface area contributed by atoms with E-state index in [-0.39, 0.29) is 32.2 Å². The Morgan fingerprint density at radius 3 is 1.19 bits per heavy atom. The summed E-state index contributed by atoms with van der Waals surface area (Å²) in [7, 11) is 5.97. The number of likely N-dealkylation sites (N-methyl/N-ethyl adjacent to an activating group) is 1. The van der Waals surface area contributed by atoms with Gasteiger partial charge in [-0.15, -0.1) is 0 Å². The van der Waals surface area contributed by atoms with Gasteiger partial charge in [0.05, 0.1) is 34.4 Å². The maximum absolute atomic E-state index is 12.8. The minimum atomic E-state index is -1.51. The first-order valence-corrected chi connectivity index (χ1v) is 29.2. The van der Waals surface area contributed by atoms with Crippen LogP contribution in [0.3, 0.4) is 0 Å². The number of unbranched alkanes of at least 4 members (excludes halogenated alkanes) is 33. The third kappa shape index (κ3) is 53.1. The molecule has 0 aliphatic rings. The predicted molar refractivity (Wildman–Crippen MR) is 291 cm³/mol. The van der Waals surface area contributed by atoms with Gasteiger partial charge in [0.15, 0.2) is 6.10 Å². The Hall–Kier alpha value is -2.49. The lowest BCUT2D eigenvalue weighted by atomic mass is 10.0. The number of allylic oxidation sites excluding steroid dienone is 6. The fourth-order valence-corrected chi connectivity index (χ4v) is 8.33. The quantitative estimate of drug-likeness (QED) is 0.0211. The van der Waals surface area contributed by atoms with Crippen molar-refractivity contribution >= 4 is 17.9 Å². The summed E-state index contributed by atoms with van der Waals surface area (Å²) in [4.78, 5) is 37.4. The van der Waals surface area contributed by atoms with Gasteiger partial charge in [0.1, 0.15) is 13.2 Å². The Morgan fingerprint density at radius 1 is 0.435 bits per heavy atom. The molecule has 0 saturated carbocycles. The smallest absolute Gasteiger partial charge is 0.361 e. The molecule has 404 valence electrons. The van der Waals surface area contributed by atoms with E-state index in [1.807, 2.05) is 21.1 Å². The van der Waals surface area contributed by atoms with Crippen molar-refractivity contribution in [3.63, 3.8) is 0 Å². The van der Waals surface area contributed by atoms with E-state index in [9.17, 15) is 19.5 Å². The van der Waals surface area contributed by atoms with Gasteiger partial charge in [-0.25, -0.2) is 4.79 Å². The van der Waals surface area contributed by atoms with Gasteiger partial charge in [-0.2, -0.15) is 0 Å². The second-order valence-corrected chi connectivity index (χ2v) is 20.9. The average molecular weight is 976 g/mol. The van der Waals surface area contributed by atoms with E-state index in [0.717, 1.165) is 51.4 Å². The van der Waals surface area contributed by atoms with Gasteiger partial charge in [0.25, 0.3) is 6.29 Å². The number of ether oxygens (including phenoxy) is 4. The summed E-state index contributed by atoms with van der Waals surface area (Å²) in [5, 5.41) is 9.69. The molecule has 2 unspecified atom stereocenters. The molecule has 0 radical (unpaired) electrons. The lowest BCUT2D eigenvalue weighted by Crippen LogP contribution is -2.40. The Morgan fingerprint density at radius 2 is 0.783 bits per heavy atom. The highest BCUT2D eigenvalue weighted by Crippen LogP contribution is 2.16. The lowest BCUT2D eigenvalue weighted by Gasteiger charge is -2.25. The standard InChI is InChI=1S/C60H111NO8/c1-6-8-10-12-14-16-18-20-22-24-25-26-27-28-29-30-31-32-33-35-36-38-40-42-44-46-48-50-57(62)67-54-56(55-68-60(59(64)65)66-53-52-61(3,4)5)69-58(63)51-49-47-45-43-41-39-37-34-23-21-19-17-15-13-11-9-7-2/h15,17,21,23-25,56,60H,6-14,16,18-20,22,26-55H2,1-5H3/p+1/b17-15-,23-21-,25-24-. The van der Waals surface area contributed by atoms with E-state index in [2.05, 4.69) is 50.3 Å². The zero-order valence-corrected chi connectivity index (χ0v) is 46.0. The number of rotatable bonds is 54. The van der Waals surface area contributed by atoms with Gasteiger partial charge >= 0.3 is 17.9 Å². The minimum absolute atomic E-state index is 0.182. The Labute approximate surface area is 426 Å². The highest BCUT2D eigenvalue weighted by atomic mass is 16.7. The molecule has 2 atom stereocenters. The first-order chi connectivity index (χ1) is 33.6. The minimum Gasteiger partial charge on any atom is -0.477 e. The number of carbonyl (C=O) groups is 3. The molecule has 0 heterocycles. The zero-order valence-electron chi connectivity index (χ0n) is 46.0. The maximum Gasteiger partial charge on any atom is 0.361 e. The number of hydrogen-bond donors (Lipinski definition) is 1. The number of hydrogen-bond acceptors (Lipinski definition) is 7. The Balaban J connectivity index is 4.17. The van der Waals surface area contributed by atoms with Crippen LogP contribution in [0, 0.1) is 0 Å². The number of carboxylic acids is 1. The molecule has 0 aliphatic heterocycles. The fourth-order valence-electron chi connectivity index (χ4n) is 8.33. The number of esters is 2. The normalized spacial score (nSPS) is 13.0. The predicted octanol–water partition coefficient (Wildman–Crippen LogP) is 16.9. The first-order valence-electron chi connectivity index (χ1n) is 29.2. The second-order valence-electron chi connectivity index (χ2n) is 20.9. The van der Waals surface area contributed by atoms with Gasteiger partial charge in [0.2, 0.25) is 0 Å². The molecule has 0 saturated heterocycles. The Kier molecular flexibility index (Phi) is 50.0. The lowest BCUT2D eigenvalue weighted by molar-refractivity contribution is -0.870.